The summed E-state index contributed by atoms with van der Waals surface area (Å²) < 4.78 is 0. The minimum atomic E-state index is -0.189. The topological polar surface area (TPSA) is 23.6 Å². The molecular weight excluding hydrogens is 343 g/mol. The first-order valence-corrected chi connectivity index (χ1v) is 8.77. The van der Waals surface area contributed by atoms with E-state index in [0.29, 0.717) is 16.6 Å². The SMILES string of the molecule is Cc1cccc(CN2CCN(c3ccc(Cl)cc3Cl)C(=O)[C@H]2C)c1. The molecule has 0 unspecified atom stereocenters. The fourth-order valence-electron chi connectivity index (χ4n) is 3.11. The normalized spacial score (nSPS) is 18.9. The average molecular weight is 363 g/mol. The standard InChI is InChI=1S/C19H20Cl2N2O/c1-13-4-3-5-15(10-13)12-22-8-9-23(19(24)14(22)2)18-7-6-16(20)11-17(18)21/h3-7,10-11,14H,8-9,12H2,1-2H3/t14-/m1/s1. The molecule has 3 nitrogen and oxygen atoms in total. The lowest BCUT2D eigenvalue weighted by Gasteiger charge is -2.39. The van der Waals surface area contributed by atoms with Gasteiger partial charge in [0.05, 0.1) is 16.8 Å². The number of halogens is 2. The van der Waals surface area contributed by atoms with Gasteiger partial charge in [0.25, 0.3) is 0 Å². The molecule has 0 radical (unpaired) electrons. The van der Waals surface area contributed by atoms with Crippen LogP contribution < -0.4 is 4.90 Å². The van der Waals surface area contributed by atoms with Crippen molar-refractivity contribution in [1.82, 2.24) is 4.90 Å². The monoisotopic (exact) mass is 362 g/mol. The van der Waals surface area contributed by atoms with Crippen molar-refractivity contribution < 1.29 is 4.79 Å². The van der Waals surface area contributed by atoms with E-state index in [1.165, 1.54) is 11.1 Å². The van der Waals surface area contributed by atoms with Gasteiger partial charge in [-0.1, -0.05) is 53.0 Å². The summed E-state index contributed by atoms with van der Waals surface area (Å²) in [5.74, 6) is 0.0677. The highest BCUT2D eigenvalue weighted by molar-refractivity contribution is 6.36. The number of carbonyl (C=O) groups excluding carboxylic acids is 1. The molecule has 0 bridgehead atoms. The second-order valence-corrected chi connectivity index (χ2v) is 7.06. The van der Waals surface area contributed by atoms with Crippen molar-refractivity contribution in [2.75, 3.05) is 18.0 Å². The Bertz CT molecular complexity index is 763. The van der Waals surface area contributed by atoms with Gasteiger partial charge in [-0.05, 0) is 37.6 Å². The molecule has 1 aliphatic heterocycles. The van der Waals surface area contributed by atoms with E-state index in [1.54, 1.807) is 17.0 Å². The van der Waals surface area contributed by atoms with E-state index in [2.05, 4.69) is 36.1 Å². The van der Waals surface area contributed by atoms with E-state index in [-0.39, 0.29) is 11.9 Å². The molecule has 3 rings (SSSR count). The zero-order chi connectivity index (χ0) is 17.3. The van der Waals surface area contributed by atoms with Crippen LogP contribution in [0.2, 0.25) is 10.0 Å². The molecule has 0 N–H and O–H groups in total. The van der Waals surface area contributed by atoms with E-state index in [4.69, 9.17) is 23.2 Å². The molecule has 126 valence electrons. The molecule has 0 aromatic heterocycles. The van der Waals surface area contributed by atoms with E-state index in [9.17, 15) is 4.79 Å². The smallest absolute Gasteiger partial charge is 0.244 e. The van der Waals surface area contributed by atoms with E-state index in [1.807, 2.05) is 13.0 Å². The summed E-state index contributed by atoms with van der Waals surface area (Å²) in [6, 6.07) is 13.5. The minimum Gasteiger partial charge on any atom is -0.308 e. The van der Waals surface area contributed by atoms with Gasteiger partial charge in [0.1, 0.15) is 0 Å². The van der Waals surface area contributed by atoms with Crippen molar-refractivity contribution in [2.24, 2.45) is 0 Å². The van der Waals surface area contributed by atoms with Crippen LogP contribution in [0, 0.1) is 6.92 Å². The molecule has 24 heavy (non-hydrogen) atoms. The Labute approximate surface area is 152 Å². The molecule has 1 fully saturated rings. The van der Waals surface area contributed by atoms with Gasteiger partial charge in [-0.25, -0.2) is 0 Å². The first-order valence-electron chi connectivity index (χ1n) is 8.02. The molecular formula is C19H20Cl2N2O. The average Bonchev–Trinajstić information content (AvgIpc) is 2.53. The number of rotatable bonds is 3. The van der Waals surface area contributed by atoms with Crippen LogP contribution in [-0.2, 0) is 11.3 Å². The molecule has 2 aromatic carbocycles. The fraction of sp³-hybridized carbons (Fsp3) is 0.316. The van der Waals surface area contributed by atoms with Crippen LogP contribution in [0.3, 0.4) is 0 Å². The number of amides is 1. The second-order valence-electron chi connectivity index (χ2n) is 6.22. The largest absolute Gasteiger partial charge is 0.308 e. The highest BCUT2D eigenvalue weighted by Crippen LogP contribution is 2.31. The van der Waals surface area contributed by atoms with Crippen LogP contribution in [0.5, 0.6) is 0 Å². The maximum Gasteiger partial charge on any atom is 0.244 e. The number of piperazine rings is 1. The van der Waals surface area contributed by atoms with Crippen molar-refractivity contribution in [1.29, 1.82) is 0 Å². The molecule has 0 aliphatic carbocycles. The molecule has 2 aromatic rings. The molecule has 0 spiro atoms. The Hall–Kier alpha value is -1.55. The number of anilines is 1. The summed E-state index contributed by atoms with van der Waals surface area (Å²) in [7, 11) is 0. The molecule has 1 amide bonds. The van der Waals surface area contributed by atoms with Crippen molar-refractivity contribution >= 4 is 34.8 Å². The van der Waals surface area contributed by atoms with E-state index in [0.717, 1.165) is 18.8 Å². The highest BCUT2D eigenvalue weighted by atomic mass is 35.5. The third kappa shape index (κ3) is 3.59. The molecule has 1 heterocycles. The van der Waals surface area contributed by atoms with Crippen molar-refractivity contribution in [3.05, 3.63) is 63.6 Å². The first-order chi connectivity index (χ1) is 11.5. The maximum atomic E-state index is 12.8. The van der Waals surface area contributed by atoms with Crippen molar-refractivity contribution in [3.63, 3.8) is 0 Å². The van der Waals surface area contributed by atoms with Crippen LogP contribution in [0.15, 0.2) is 42.5 Å². The van der Waals surface area contributed by atoms with Gasteiger partial charge in [-0.2, -0.15) is 0 Å². The Balaban J connectivity index is 1.76. The minimum absolute atomic E-state index is 0.0677. The predicted molar refractivity (Wildman–Crippen MR) is 99.9 cm³/mol. The van der Waals surface area contributed by atoms with E-state index < -0.39 is 0 Å². The summed E-state index contributed by atoms with van der Waals surface area (Å²) >= 11 is 12.2. The van der Waals surface area contributed by atoms with Crippen LogP contribution in [0.4, 0.5) is 5.69 Å². The lowest BCUT2D eigenvalue weighted by Crippen LogP contribution is -2.55. The first kappa shape index (κ1) is 17.3. The summed E-state index contributed by atoms with van der Waals surface area (Å²) in [5, 5.41) is 1.08. The lowest BCUT2D eigenvalue weighted by molar-refractivity contribution is -0.125. The Morgan fingerprint density at radius 1 is 1.12 bits per heavy atom. The second kappa shape index (κ2) is 7.14. The van der Waals surface area contributed by atoms with E-state index >= 15 is 0 Å². The zero-order valence-corrected chi connectivity index (χ0v) is 15.3. The molecule has 5 heteroatoms. The van der Waals surface area contributed by atoms with Gasteiger partial charge in [-0.3, -0.25) is 9.69 Å². The maximum absolute atomic E-state index is 12.8. The summed E-state index contributed by atoms with van der Waals surface area (Å²) in [6.45, 7) is 6.24. The summed E-state index contributed by atoms with van der Waals surface area (Å²) in [6.07, 6.45) is 0. The van der Waals surface area contributed by atoms with Gasteiger partial charge >= 0.3 is 0 Å². The van der Waals surface area contributed by atoms with Gasteiger partial charge in [0.15, 0.2) is 0 Å². The lowest BCUT2D eigenvalue weighted by atomic mass is 10.1. The number of hydrogen-bond acceptors (Lipinski definition) is 2. The summed E-state index contributed by atoms with van der Waals surface area (Å²) in [4.78, 5) is 16.8. The van der Waals surface area contributed by atoms with Gasteiger partial charge in [0, 0.05) is 24.7 Å². The quantitative estimate of drug-likeness (QED) is 0.799. The number of aryl methyl sites for hydroxylation is 1. The van der Waals surface area contributed by atoms with Gasteiger partial charge in [0.2, 0.25) is 5.91 Å². The van der Waals surface area contributed by atoms with Gasteiger partial charge in [-0.15, -0.1) is 0 Å². The molecule has 1 aliphatic rings. The highest BCUT2D eigenvalue weighted by Gasteiger charge is 2.33. The van der Waals surface area contributed by atoms with Crippen LogP contribution in [0.1, 0.15) is 18.1 Å². The molecule has 1 saturated heterocycles. The third-order valence-electron chi connectivity index (χ3n) is 4.45. The Morgan fingerprint density at radius 2 is 1.92 bits per heavy atom. The summed E-state index contributed by atoms with van der Waals surface area (Å²) in [5.41, 5.74) is 3.19. The van der Waals surface area contributed by atoms with Crippen molar-refractivity contribution in [2.45, 2.75) is 26.4 Å². The van der Waals surface area contributed by atoms with Crippen LogP contribution in [0.25, 0.3) is 0 Å². The Morgan fingerprint density at radius 3 is 2.62 bits per heavy atom. The third-order valence-corrected chi connectivity index (χ3v) is 4.99. The number of carbonyl (C=O) groups is 1. The van der Waals surface area contributed by atoms with Gasteiger partial charge < -0.3 is 4.90 Å². The number of benzene rings is 2. The van der Waals surface area contributed by atoms with Crippen molar-refractivity contribution in [3.8, 4) is 0 Å². The van der Waals surface area contributed by atoms with Crippen LogP contribution >= 0.6 is 23.2 Å². The molecule has 0 saturated carbocycles. The Kier molecular flexibility index (Phi) is 5.14. The number of nitrogens with zero attached hydrogens (tertiary/aromatic N) is 2. The fourth-order valence-corrected chi connectivity index (χ4v) is 3.62. The zero-order valence-electron chi connectivity index (χ0n) is 13.8. The predicted octanol–water partition coefficient (Wildman–Crippen LogP) is 4.54. The van der Waals surface area contributed by atoms with Crippen LogP contribution in [-0.4, -0.2) is 29.9 Å². The number of hydrogen-bond donors (Lipinski definition) is 0. The molecule has 1 atom stereocenters.